The number of benzene rings is 1. The number of unbranched alkanes of at least 4 members (excludes halogenated alkanes) is 1. The van der Waals surface area contributed by atoms with Crippen molar-refractivity contribution < 1.29 is 14.3 Å². The van der Waals surface area contributed by atoms with Crippen molar-refractivity contribution in [1.82, 2.24) is 10.6 Å². The van der Waals surface area contributed by atoms with Gasteiger partial charge in [0.25, 0.3) is 5.91 Å². The number of ether oxygens (including phenoxy) is 1. The quantitative estimate of drug-likeness (QED) is 0.651. The van der Waals surface area contributed by atoms with Gasteiger partial charge in [-0.25, -0.2) is 0 Å². The summed E-state index contributed by atoms with van der Waals surface area (Å²) in [6.07, 6.45) is 3.86. The summed E-state index contributed by atoms with van der Waals surface area (Å²) in [6, 6.07) is 7.12. The van der Waals surface area contributed by atoms with E-state index in [2.05, 4.69) is 17.6 Å². The average molecular weight is 320 g/mol. The largest absolute Gasteiger partial charge is 0.494 e. The number of hydrogen-bond donors (Lipinski definition) is 2. The Morgan fingerprint density at radius 3 is 2.30 bits per heavy atom. The summed E-state index contributed by atoms with van der Waals surface area (Å²) in [4.78, 5) is 23.8. The van der Waals surface area contributed by atoms with Gasteiger partial charge >= 0.3 is 0 Å². The van der Waals surface area contributed by atoms with E-state index in [1.165, 1.54) is 0 Å². The van der Waals surface area contributed by atoms with E-state index in [1.807, 2.05) is 13.8 Å². The Morgan fingerprint density at radius 2 is 1.74 bits per heavy atom. The van der Waals surface area contributed by atoms with Gasteiger partial charge in [0, 0.05) is 11.6 Å². The molecule has 1 rings (SSSR count). The molecule has 0 aliphatic rings. The first-order valence-electron chi connectivity index (χ1n) is 8.41. The molecule has 0 aliphatic heterocycles. The summed E-state index contributed by atoms with van der Waals surface area (Å²) in [6.45, 7) is 6.83. The second-order valence-corrected chi connectivity index (χ2v) is 5.49. The van der Waals surface area contributed by atoms with Crippen molar-refractivity contribution in [3.8, 4) is 5.75 Å². The molecule has 0 radical (unpaired) electrons. The van der Waals surface area contributed by atoms with Crippen LogP contribution in [-0.4, -0.2) is 31.0 Å². The van der Waals surface area contributed by atoms with Crippen LogP contribution in [0.15, 0.2) is 24.3 Å². The van der Waals surface area contributed by atoms with Crippen molar-refractivity contribution in [2.45, 2.75) is 52.5 Å². The fourth-order valence-corrected chi connectivity index (χ4v) is 2.07. The zero-order valence-electron chi connectivity index (χ0n) is 14.4. The second kappa shape index (κ2) is 10.6. The molecule has 0 heterocycles. The molecule has 0 fully saturated rings. The topological polar surface area (TPSA) is 67.4 Å². The van der Waals surface area contributed by atoms with E-state index in [9.17, 15) is 9.59 Å². The molecule has 0 spiro atoms. The molecular formula is C18H28N2O3. The van der Waals surface area contributed by atoms with Crippen LogP contribution in [0, 0.1) is 0 Å². The molecule has 128 valence electrons. The summed E-state index contributed by atoms with van der Waals surface area (Å²) in [5, 5.41) is 5.52. The van der Waals surface area contributed by atoms with Gasteiger partial charge in [0.15, 0.2) is 0 Å². The van der Waals surface area contributed by atoms with E-state index < -0.39 is 0 Å². The molecule has 0 aliphatic carbocycles. The Bertz CT molecular complexity index is 482. The van der Waals surface area contributed by atoms with Crippen LogP contribution in [0.2, 0.25) is 0 Å². The van der Waals surface area contributed by atoms with Crippen LogP contribution < -0.4 is 15.4 Å². The van der Waals surface area contributed by atoms with E-state index in [4.69, 9.17) is 4.74 Å². The Balaban J connectivity index is 2.41. The highest BCUT2D eigenvalue weighted by atomic mass is 16.5. The van der Waals surface area contributed by atoms with Gasteiger partial charge in [0.2, 0.25) is 5.91 Å². The Labute approximate surface area is 138 Å². The predicted molar refractivity (Wildman–Crippen MR) is 91.7 cm³/mol. The lowest BCUT2D eigenvalue weighted by Gasteiger charge is -2.15. The van der Waals surface area contributed by atoms with Gasteiger partial charge < -0.3 is 15.4 Å². The fourth-order valence-electron chi connectivity index (χ4n) is 2.07. The average Bonchev–Trinajstić information content (AvgIpc) is 2.58. The van der Waals surface area contributed by atoms with E-state index in [-0.39, 0.29) is 24.4 Å². The highest BCUT2D eigenvalue weighted by Crippen LogP contribution is 2.12. The molecule has 0 bridgehead atoms. The minimum Gasteiger partial charge on any atom is -0.494 e. The molecule has 2 amide bonds. The first-order valence-corrected chi connectivity index (χ1v) is 8.41. The minimum atomic E-state index is -0.259. The smallest absolute Gasteiger partial charge is 0.251 e. The van der Waals surface area contributed by atoms with Crippen molar-refractivity contribution in [2.24, 2.45) is 0 Å². The van der Waals surface area contributed by atoms with Crippen LogP contribution in [0.3, 0.4) is 0 Å². The molecule has 5 heteroatoms. The summed E-state index contributed by atoms with van der Waals surface area (Å²) in [7, 11) is 0. The molecule has 0 atom stereocenters. The fraction of sp³-hybridized carbons (Fsp3) is 0.556. The zero-order valence-corrected chi connectivity index (χ0v) is 14.4. The number of carbonyl (C=O) groups is 2. The summed E-state index contributed by atoms with van der Waals surface area (Å²) < 4.78 is 5.55. The Hall–Kier alpha value is -2.04. The predicted octanol–water partition coefficient (Wildman–Crippen LogP) is 2.90. The van der Waals surface area contributed by atoms with Crippen LogP contribution in [0.4, 0.5) is 0 Å². The lowest BCUT2D eigenvalue weighted by molar-refractivity contribution is -0.120. The number of carbonyl (C=O) groups excluding carboxylic acids is 2. The van der Waals surface area contributed by atoms with Gasteiger partial charge in [0.05, 0.1) is 13.2 Å². The van der Waals surface area contributed by atoms with Crippen LogP contribution in [-0.2, 0) is 4.79 Å². The Morgan fingerprint density at radius 1 is 1.09 bits per heavy atom. The SMILES string of the molecule is CCCCOc1ccc(C(=O)NCC(=O)NC(CC)CC)cc1. The third-order valence-electron chi connectivity index (χ3n) is 3.64. The van der Waals surface area contributed by atoms with E-state index in [1.54, 1.807) is 24.3 Å². The first kappa shape index (κ1) is 19.0. The van der Waals surface area contributed by atoms with Gasteiger partial charge in [-0.3, -0.25) is 9.59 Å². The molecule has 0 unspecified atom stereocenters. The second-order valence-electron chi connectivity index (χ2n) is 5.49. The monoisotopic (exact) mass is 320 g/mol. The molecule has 1 aromatic carbocycles. The molecule has 2 N–H and O–H groups in total. The van der Waals surface area contributed by atoms with Gasteiger partial charge in [-0.05, 0) is 43.5 Å². The molecule has 5 nitrogen and oxygen atoms in total. The number of amides is 2. The molecular weight excluding hydrogens is 292 g/mol. The van der Waals surface area contributed by atoms with Crippen molar-refractivity contribution >= 4 is 11.8 Å². The lowest BCUT2D eigenvalue weighted by Crippen LogP contribution is -2.41. The van der Waals surface area contributed by atoms with E-state index in [0.717, 1.165) is 31.4 Å². The number of hydrogen-bond acceptors (Lipinski definition) is 3. The van der Waals surface area contributed by atoms with Crippen molar-refractivity contribution in [3.63, 3.8) is 0 Å². The normalized spacial score (nSPS) is 10.4. The third-order valence-corrected chi connectivity index (χ3v) is 3.64. The van der Waals surface area contributed by atoms with Crippen LogP contribution >= 0.6 is 0 Å². The van der Waals surface area contributed by atoms with Gasteiger partial charge in [-0.2, -0.15) is 0 Å². The highest BCUT2D eigenvalue weighted by molar-refractivity contribution is 5.96. The summed E-state index contributed by atoms with van der Waals surface area (Å²) in [5.74, 6) is 0.331. The van der Waals surface area contributed by atoms with E-state index in [0.29, 0.717) is 12.2 Å². The van der Waals surface area contributed by atoms with Crippen molar-refractivity contribution in [2.75, 3.05) is 13.2 Å². The van der Waals surface area contributed by atoms with Crippen LogP contribution in [0.1, 0.15) is 56.8 Å². The highest BCUT2D eigenvalue weighted by Gasteiger charge is 2.11. The maximum Gasteiger partial charge on any atom is 0.251 e. The minimum absolute atomic E-state index is 0.00984. The first-order chi connectivity index (χ1) is 11.1. The molecule has 23 heavy (non-hydrogen) atoms. The summed E-state index contributed by atoms with van der Waals surface area (Å²) >= 11 is 0. The van der Waals surface area contributed by atoms with Crippen LogP contribution in [0.25, 0.3) is 0 Å². The third kappa shape index (κ3) is 7.17. The lowest BCUT2D eigenvalue weighted by atomic mass is 10.2. The zero-order chi connectivity index (χ0) is 17.1. The van der Waals surface area contributed by atoms with Crippen molar-refractivity contribution in [3.05, 3.63) is 29.8 Å². The van der Waals surface area contributed by atoms with Gasteiger partial charge in [-0.15, -0.1) is 0 Å². The van der Waals surface area contributed by atoms with Crippen LogP contribution in [0.5, 0.6) is 5.75 Å². The number of nitrogens with one attached hydrogen (secondary N) is 2. The van der Waals surface area contributed by atoms with E-state index >= 15 is 0 Å². The molecule has 0 aromatic heterocycles. The molecule has 0 saturated carbocycles. The summed E-state index contributed by atoms with van der Waals surface area (Å²) in [5.41, 5.74) is 0.517. The Kier molecular flexibility index (Phi) is 8.80. The molecule has 0 saturated heterocycles. The molecule has 1 aromatic rings. The number of rotatable bonds is 10. The maximum absolute atomic E-state index is 12.0. The van der Waals surface area contributed by atoms with Crippen molar-refractivity contribution in [1.29, 1.82) is 0 Å². The van der Waals surface area contributed by atoms with Gasteiger partial charge in [-0.1, -0.05) is 27.2 Å². The van der Waals surface area contributed by atoms with Gasteiger partial charge in [0.1, 0.15) is 5.75 Å². The standard InChI is InChI=1S/C18H28N2O3/c1-4-7-12-23-16-10-8-14(9-11-16)18(22)19-13-17(21)20-15(5-2)6-3/h8-11,15H,4-7,12-13H2,1-3H3,(H,19,22)(H,20,21). The maximum atomic E-state index is 12.0.